The molecule has 1 amide bonds. The van der Waals surface area contributed by atoms with Gasteiger partial charge in [0.05, 0.1) is 18.1 Å². The zero-order valence-electron chi connectivity index (χ0n) is 15.8. The molecule has 1 aliphatic rings. The maximum atomic E-state index is 12.4. The third kappa shape index (κ3) is 7.56. The molecule has 1 saturated heterocycles. The molecule has 0 aromatic heterocycles. The highest BCUT2D eigenvalue weighted by Gasteiger charge is 2.32. The van der Waals surface area contributed by atoms with Gasteiger partial charge in [0.15, 0.2) is 9.84 Å². The van der Waals surface area contributed by atoms with Crippen molar-refractivity contribution in [3.63, 3.8) is 0 Å². The third-order valence-electron chi connectivity index (χ3n) is 4.20. The fraction of sp³-hybridized carbons (Fsp3) is 0.706. The molecule has 2 atom stereocenters. The molecule has 0 saturated carbocycles. The van der Waals surface area contributed by atoms with Crippen LogP contribution >= 0.6 is 0 Å². The van der Waals surface area contributed by atoms with Gasteiger partial charge in [-0.3, -0.25) is 4.79 Å². The van der Waals surface area contributed by atoms with Gasteiger partial charge in [0.2, 0.25) is 0 Å². The van der Waals surface area contributed by atoms with Crippen LogP contribution in [0.1, 0.15) is 26.7 Å². The summed E-state index contributed by atoms with van der Waals surface area (Å²) >= 11 is 0. The van der Waals surface area contributed by atoms with Crippen LogP contribution in [-0.2, 0) is 24.2 Å². The summed E-state index contributed by atoms with van der Waals surface area (Å²) in [5.41, 5.74) is -0.273. The predicted octanol–water partition coefficient (Wildman–Crippen LogP) is 0.145. The highest BCUT2D eigenvalue weighted by molar-refractivity contribution is 7.91. The quantitative estimate of drug-likeness (QED) is 0.390. The number of aliphatic carboxylic acids is 1. The van der Waals surface area contributed by atoms with Gasteiger partial charge in [-0.25, -0.2) is 13.2 Å². The SMILES string of the molecule is COCCN(/C=C(/C#N)C(=O)NC(CC(C)C)C(=O)O)C1CCS(=O)(=O)C1. The topological polar surface area (TPSA) is 137 Å². The fourth-order valence-corrected chi connectivity index (χ4v) is 4.56. The lowest BCUT2D eigenvalue weighted by atomic mass is 10.0. The van der Waals surface area contributed by atoms with E-state index in [0.29, 0.717) is 19.6 Å². The van der Waals surface area contributed by atoms with Gasteiger partial charge in [-0.1, -0.05) is 13.8 Å². The molecule has 27 heavy (non-hydrogen) atoms. The van der Waals surface area contributed by atoms with Gasteiger partial charge in [0.25, 0.3) is 5.91 Å². The minimum absolute atomic E-state index is 0.0443. The second-order valence-corrected chi connectivity index (χ2v) is 9.16. The van der Waals surface area contributed by atoms with Crippen LogP contribution < -0.4 is 5.32 Å². The molecule has 9 nitrogen and oxygen atoms in total. The first-order valence-electron chi connectivity index (χ1n) is 8.70. The van der Waals surface area contributed by atoms with E-state index in [-0.39, 0.29) is 35.5 Å². The van der Waals surface area contributed by atoms with E-state index in [0.717, 1.165) is 0 Å². The molecule has 1 rings (SSSR count). The van der Waals surface area contributed by atoms with Crippen molar-refractivity contribution >= 4 is 21.7 Å². The van der Waals surface area contributed by atoms with Crippen LogP contribution in [0.4, 0.5) is 0 Å². The van der Waals surface area contributed by atoms with Crippen LogP contribution in [-0.4, -0.2) is 74.2 Å². The maximum absolute atomic E-state index is 12.4. The number of methoxy groups -OCH3 is 1. The molecule has 0 radical (unpaired) electrons. The number of amides is 1. The lowest BCUT2D eigenvalue weighted by molar-refractivity contribution is -0.141. The van der Waals surface area contributed by atoms with Gasteiger partial charge in [-0.15, -0.1) is 0 Å². The van der Waals surface area contributed by atoms with E-state index >= 15 is 0 Å². The Kier molecular flexibility index (Phi) is 8.72. The van der Waals surface area contributed by atoms with Crippen molar-refractivity contribution in [2.24, 2.45) is 5.92 Å². The second-order valence-electron chi connectivity index (χ2n) is 6.94. The van der Waals surface area contributed by atoms with Crippen LogP contribution in [0.15, 0.2) is 11.8 Å². The van der Waals surface area contributed by atoms with Gasteiger partial charge in [0, 0.05) is 25.9 Å². The van der Waals surface area contributed by atoms with E-state index in [4.69, 9.17) is 4.74 Å². The molecule has 0 aromatic rings. The summed E-state index contributed by atoms with van der Waals surface area (Å²) in [6.45, 7) is 4.26. The van der Waals surface area contributed by atoms with Crippen molar-refractivity contribution in [1.82, 2.24) is 10.2 Å². The summed E-state index contributed by atoms with van der Waals surface area (Å²) in [7, 11) is -1.65. The van der Waals surface area contributed by atoms with E-state index in [1.165, 1.54) is 13.3 Å². The number of hydrogen-bond acceptors (Lipinski definition) is 7. The van der Waals surface area contributed by atoms with Crippen LogP contribution in [0, 0.1) is 17.2 Å². The maximum Gasteiger partial charge on any atom is 0.326 e. The Hall–Kier alpha value is -2.12. The first kappa shape index (κ1) is 22.9. The van der Waals surface area contributed by atoms with Crippen molar-refractivity contribution in [2.45, 2.75) is 38.8 Å². The minimum Gasteiger partial charge on any atom is -0.480 e. The molecule has 0 aromatic carbocycles. The zero-order valence-corrected chi connectivity index (χ0v) is 16.7. The standard InChI is InChI=1S/C17H27N3O6S/c1-12(2)8-15(17(22)23)19-16(21)13(9-18)10-20(5-6-26-3)14-4-7-27(24,25)11-14/h10,12,14-15H,4-8,11H2,1-3H3,(H,19,21)(H,22,23)/b13-10-. The number of nitrogens with one attached hydrogen (secondary N) is 1. The molecule has 0 spiro atoms. The van der Waals surface area contributed by atoms with Crippen molar-refractivity contribution in [3.8, 4) is 6.07 Å². The van der Waals surface area contributed by atoms with Gasteiger partial charge in [-0.2, -0.15) is 5.26 Å². The summed E-state index contributed by atoms with van der Waals surface area (Å²) in [4.78, 5) is 25.3. The zero-order chi connectivity index (χ0) is 20.6. The van der Waals surface area contributed by atoms with E-state index < -0.39 is 27.8 Å². The molecule has 1 fully saturated rings. The molecular formula is C17H27N3O6S. The Morgan fingerprint density at radius 2 is 2.11 bits per heavy atom. The fourth-order valence-electron chi connectivity index (χ4n) is 2.82. The lowest BCUT2D eigenvalue weighted by Gasteiger charge is -2.26. The highest BCUT2D eigenvalue weighted by atomic mass is 32.2. The molecule has 0 aliphatic carbocycles. The average Bonchev–Trinajstić information content (AvgIpc) is 2.93. The summed E-state index contributed by atoms with van der Waals surface area (Å²) in [5.74, 6) is -1.93. The van der Waals surface area contributed by atoms with Crippen LogP contribution in [0.2, 0.25) is 0 Å². The van der Waals surface area contributed by atoms with Gasteiger partial charge in [0.1, 0.15) is 17.7 Å². The van der Waals surface area contributed by atoms with Gasteiger partial charge in [-0.05, 0) is 18.8 Å². The molecule has 2 N–H and O–H groups in total. The van der Waals surface area contributed by atoms with Gasteiger partial charge < -0.3 is 20.1 Å². The Morgan fingerprint density at radius 1 is 1.44 bits per heavy atom. The lowest BCUT2D eigenvalue weighted by Crippen LogP contribution is -2.43. The summed E-state index contributed by atoms with van der Waals surface area (Å²) in [6, 6.07) is 0.317. The Bertz CT molecular complexity index is 711. The Morgan fingerprint density at radius 3 is 2.56 bits per heavy atom. The van der Waals surface area contributed by atoms with Crippen LogP contribution in [0.25, 0.3) is 0 Å². The van der Waals surface area contributed by atoms with E-state index in [9.17, 15) is 28.4 Å². The summed E-state index contributed by atoms with van der Waals surface area (Å²) in [5, 5.41) is 21.0. The number of carboxylic acid groups (broad SMARTS) is 1. The third-order valence-corrected chi connectivity index (χ3v) is 5.95. The summed E-state index contributed by atoms with van der Waals surface area (Å²) in [6.07, 6.45) is 1.93. The number of carbonyl (C=O) groups excluding carboxylic acids is 1. The molecular weight excluding hydrogens is 374 g/mol. The first-order valence-corrected chi connectivity index (χ1v) is 10.5. The first-order chi connectivity index (χ1) is 12.6. The van der Waals surface area contributed by atoms with Crippen LogP contribution in [0.3, 0.4) is 0 Å². The minimum atomic E-state index is -3.14. The molecule has 0 bridgehead atoms. The second kappa shape index (κ2) is 10.3. The van der Waals surface area contributed by atoms with Crippen molar-refractivity contribution in [1.29, 1.82) is 5.26 Å². The van der Waals surface area contributed by atoms with Crippen LogP contribution in [0.5, 0.6) is 0 Å². The largest absolute Gasteiger partial charge is 0.480 e. The number of hydrogen-bond donors (Lipinski definition) is 2. The van der Waals surface area contributed by atoms with E-state index in [2.05, 4.69) is 5.32 Å². The number of nitriles is 1. The molecule has 152 valence electrons. The molecule has 1 aliphatic heterocycles. The average molecular weight is 401 g/mol. The normalized spacial score (nSPS) is 20.1. The number of carboxylic acids is 1. The van der Waals surface area contributed by atoms with Gasteiger partial charge >= 0.3 is 5.97 Å². The Balaban J connectivity index is 2.98. The number of carbonyl (C=O) groups is 2. The van der Waals surface area contributed by atoms with Crippen molar-refractivity contribution in [2.75, 3.05) is 31.8 Å². The summed E-state index contributed by atoms with van der Waals surface area (Å²) < 4.78 is 28.5. The number of ether oxygens (including phenoxy) is 1. The number of nitrogens with zero attached hydrogens (tertiary/aromatic N) is 2. The molecule has 2 unspecified atom stereocenters. The number of rotatable bonds is 10. The molecule has 1 heterocycles. The van der Waals surface area contributed by atoms with Crippen molar-refractivity contribution in [3.05, 3.63) is 11.8 Å². The Labute approximate surface area is 159 Å². The van der Waals surface area contributed by atoms with Crippen molar-refractivity contribution < 1.29 is 27.9 Å². The van der Waals surface area contributed by atoms with E-state index in [1.807, 2.05) is 13.8 Å². The van der Waals surface area contributed by atoms with E-state index in [1.54, 1.807) is 11.0 Å². The number of sulfone groups is 1. The monoisotopic (exact) mass is 401 g/mol. The molecule has 10 heteroatoms. The predicted molar refractivity (Wildman–Crippen MR) is 98.4 cm³/mol. The highest BCUT2D eigenvalue weighted by Crippen LogP contribution is 2.19. The smallest absolute Gasteiger partial charge is 0.326 e.